The Kier molecular flexibility index (Phi) is 43.6. The van der Waals surface area contributed by atoms with Crippen molar-refractivity contribution in [3.63, 3.8) is 0 Å². The summed E-state index contributed by atoms with van der Waals surface area (Å²) in [6, 6.07) is 0. The third-order valence-corrected chi connectivity index (χ3v) is 2.25. The molecule has 0 rings (SSSR count). The Hall–Kier alpha value is -0.197. The van der Waals surface area contributed by atoms with Crippen molar-refractivity contribution in [1.82, 2.24) is 0 Å². The maximum Gasteiger partial charge on any atom is 6.00 e. The molecule has 0 N–H and O–H groups in total. The molecule has 0 unspecified atom stereocenters. The summed E-state index contributed by atoms with van der Waals surface area (Å²) in [5.41, 5.74) is 0. The quantitative estimate of drug-likeness (QED) is 0.397. The van der Waals surface area contributed by atoms with Crippen LogP contribution >= 0.6 is 0 Å². The molecule has 126 valence electrons. The molecule has 0 atom stereocenters. The van der Waals surface area contributed by atoms with Gasteiger partial charge in [0.15, 0.2) is 0 Å². The van der Waals surface area contributed by atoms with Crippen molar-refractivity contribution >= 4 is 13.6 Å². The van der Waals surface area contributed by atoms with Crippen LogP contribution in [0.3, 0.4) is 0 Å². The van der Waals surface area contributed by atoms with Crippen molar-refractivity contribution in [3.05, 3.63) is 21.3 Å². The van der Waals surface area contributed by atoms with Crippen molar-refractivity contribution in [1.29, 1.82) is 0 Å². The zero-order valence-electron chi connectivity index (χ0n) is 14.4. The van der Waals surface area contributed by atoms with Crippen LogP contribution in [-0.4, -0.2) is 54.1 Å². The second-order valence-corrected chi connectivity index (χ2v) is 4.35. The first kappa shape index (κ1) is 32.7. The Bertz CT molecular complexity index is 149. The van der Waals surface area contributed by atoms with Crippen molar-refractivity contribution in [3.8, 4) is 0 Å². The summed E-state index contributed by atoms with van der Waals surface area (Å²) in [4.78, 5) is 15.5. The van der Waals surface area contributed by atoms with Crippen LogP contribution in [0.1, 0.15) is 27.7 Å². The molecule has 0 aliphatic heterocycles. The summed E-state index contributed by atoms with van der Waals surface area (Å²) in [5.74, 6) is 1.09. The standard InChI is InChI=1S/2C6H14N2.2CHO.Ru/c2*1-5(2)6(7-3)8-4;2*1-2;/h2*5-6H,1-4H3;2*1H;/q2*-2;2*-1;+6. The summed E-state index contributed by atoms with van der Waals surface area (Å²) >= 11 is 0. The van der Waals surface area contributed by atoms with Gasteiger partial charge in [-0.3, -0.25) is 13.6 Å². The molecule has 0 aromatic carbocycles. The van der Waals surface area contributed by atoms with Crippen LogP contribution in [-0.2, 0) is 29.1 Å². The number of carbonyl (C=O) groups excluding carboxylic acids is 2. The van der Waals surface area contributed by atoms with Crippen LogP contribution in [0.2, 0.25) is 0 Å². The van der Waals surface area contributed by atoms with Gasteiger partial charge in [0.05, 0.1) is 0 Å². The van der Waals surface area contributed by atoms with E-state index in [0.29, 0.717) is 11.8 Å². The summed E-state index contributed by atoms with van der Waals surface area (Å²) in [5, 5.41) is 16.2. The zero-order chi connectivity index (χ0) is 17.1. The average Bonchev–Trinajstić information content (AvgIpc) is 2.46. The molecule has 0 aromatic rings. The first-order chi connectivity index (χ1) is 9.44. The van der Waals surface area contributed by atoms with E-state index in [1.807, 2.05) is 0 Å². The van der Waals surface area contributed by atoms with Gasteiger partial charge in [-0.1, -0.05) is 39.5 Å². The average molecular weight is 387 g/mol. The topological polar surface area (TPSA) is 90.5 Å². The summed E-state index contributed by atoms with van der Waals surface area (Å²) in [6.45, 7) is 15.0. The number of nitrogens with zero attached hydrogens (tertiary/aromatic N) is 4. The van der Waals surface area contributed by atoms with E-state index in [4.69, 9.17) is 9.59 Å². The summed E-state index contributed by atoms with van der Waals surface area (Å²) in [6.07, 6.45) is 0.407. The first-order valence-electron chi connectivity index (χ1n) is 6.27. The van der Waals surface area contributed by atoms with Gasteiger partial charge in [0.1, 0.15) is 0 Å². The van der Waals surface area contributed by atoms with E-state index in [2.05, 4.69) is 62.5 Å². The zero-order valence-corrected chi connectivity index (χ0v) is 16.2. The second kappa shape index (κ2) is 28.0. The van der Waals surface area contributed by atoms with Gasteiger partial charge in [0, 0.05) is 0 Å². The first-order valence-corrected chi connectivity index (χ1v) is 6.27. The van der Waals surface area contributed by atoms with E-state index in [0.717, 1.165) is 0 Å². The van der Waals surface area contributed by atoms with Gasteiger partial charge in [-0.25, -0.2) is 12.3 Å². The van der Waals surface area contributed by atoms with Gasteiger partial charge in [0.25, 0.3) is 0 Å². The van der Waals surface area contributed by atoms with Crippen LogP contribution < -0.4 is 0 Å². The fourth-order valence-corrected chi connectivity index (χ4v) is 1.42. The van der Waals surface area contributed by atoms with Gasteiger partial charge in [0.2, 0.25) is 0 Å². The van der Waals surface area contributed by atoms with Gasteiger partial charge in [-0.2, -0.15) is 28.2 Å². The van der Waals surface area contributed by atoms with Crippen LogP contribution in [0.25, 0.3) is 21.3 Å². The molecule has 0 aliphatic carbocycles. The molecule has 0 bridgehead atoms. The summed E-state index contributed by atoms with van der Waals surface area (Å²) < 4.78 is 0. The molecular weight excluding hydrogens is 357 g/mol. The van der Waals surface area contributed by atoms with Crippen LogP contribution in [0.5, 0.6) is 0 Å². The minimum atomic E-state index is 0. The number of rotatable bonds is 6. The Morgan fingerprint density at radius 3 is 0.714 bits per heavy atom. The van der Waals surface area contributed by atoms with E-state index < -0.39 is 0 Å². The number of hydrogen-bond acceptors (Lipinski definition) is 2. The Morgan fingerprint density at radius 2 is 0.714 bits per heavy atom. The molecular formula is C14H30N4O2Ru. The van der Waals surface area contributed by atoms with Crippen molar-refractivity contribution < 1.29 is 29.1 Å². The normalized spacial score (nSPS) is 8.95. The smallest absolute Gasteiger partial charge is 0.680 e. The molecule has 0 aromatic heterocycles. The van der Waals surface area contributed by atoms with E-state index >= 15 is 0 Å². The van der Waals surface area contributed by atoms with Gasteiger partial charge >= 0.3 is 19.5 Å². The largest absolute Gasteiger partial charge is 6.00 e. The predicted octanol–water partition coefficient (Wildman–Crippen LogP) is 3.40. The molecule has 0 saturated carbocycles. The Morgan fingerprint density at radius 1 is 0.571 bits per heavy atom. The molecule has 0 spiro atoms. The van der Waals surface area contributed by atoms with Gasteiger partial charge in [-0.15, -0.1) is 0 Å². The fraction of sp³-hybridized carbons (Fsp3) is 0.857. The monoisotopic (exact) mass is 388 g/mol. The molecule has 0 saturated heterocycles. The maximum atomic E-state index is 7.75. The third kappa shape index (κ3) is 25.1. The Balaban J connectivity index is -0.0000000630. The molecule has 21 heavy (non-hydrogen) atoms. The predicted molar refractivity (Wildman–Crippen MR) is 87.9 cm³/mol. The van der Waals surface area contributed by atoms with E-state index in [-0.39, 0.29) is 31.8 Å². The molecule has 0 amide bonds. The van der Waals surface area contributed by atoms with E-state index in [1.165, 1.54) is 0 Å². The van der Waals surface area contributed by atoms with Crippen LogP contribution in [0.15, 0.2) is 0 Å². The summed E-state index contributed by atoms with van der Waals surface area (Å²) in [7, 11) is 7.21. The fourth-order valence-electron chi connectivity index (χ4n) is 1.42. The maximum absolute atomic E-state index is 7.75. The SMILES string of the molecule is C[N-]C([N-]C)C(C)C.C[N-]C([N-]C)C(C)C.[CH-]=O.[CH-]=O.[Ru+6]. The minimum absolute atomic E-state index is 0. The second-order valence-electron chi connectivity index (χ2n) is 4.35. The van der Waals surface area contributed by atoms with Crippen molar-refractivity contribution in [2.24, 2.45) is 11.8 Å². The molecule has 0 fully saturated rings. The molecule has 0 heterocycles. The van der Waals surface area contributed by atoms with Crippen molar-refractivity contribution in [2.75, 3.05) is 28.2 Å². The van der Waals surface area contributed by atoms with Crippen molar-refractivity contribution in [2.45, 2.75) is 40.0 Å². The Labute approximate surface area is 144 Å². The number of hydrogen-bond donors (Lipinski definition) is 0. The van der Waals surface area contributed by atoms with Gasteiger partial charge < -0.3 is 30.9 Å². The van der Waals surface area contributed by atoms with Crippen LogP contribution in [0.4, 0.5) is 0 Å². The van der Waals surface area contributed by atoms with E-state index in [1.54, 1.807) is 28.2 Å². The molecule has 0 radical (unpaired) electrons. The molecule has 0 aliphatic rings. The van der Waals surface area contributed by atoms with Gasteiger partial charge in [-0.05, 0) is 0 Å². The molecule has 6 nitrogen and oxygen atoms in total. The third-order valence-electron chi connectivity index (χ3n) is 2.25. The minimum Gasteiger partial charge on any atom is -0.680 e. The van der Waals surface area contributed by atoms with E-state index in [9.17, 15) is 0 Å². The van der Waals surface area contributed by atoms with Crippen LogP contribution in [0, 0.1) is 11.8 Å². The molecule has 7 heteroatoms.